The fourth-order valence-electron chi connectivity index (χ4n) is 3.54. The van der Waals surface area contributed by atoms with Crippen LogP contribution in [0.25, 0.3) is 10.9 Å². The van der Waals surface area contributed by atoms with Gasteiger partial charge in [-0.05, 0) is 30.9 Å². The molecule has 1 atom stereocenters. The zero-order chi connectivity index (χ0) is 18.6. The van der Waals surface area contributed by atoms with Gasteiger partial charge in [-0.2, -0.15) is 0 Å². The second-order valence-electron chi connectivity index (χ2n) is 6.88. The van der Waals surface area contributed by atoms with Crippen molar-refractivity contribution in [2.75, 3.05) is 25.2 Å². The summed E-state index contributed by atoms with van der Waals surface area (Å²) in [4.78, 5) is 12.1. The number of benzene rings is 1. The van der Waals surface area contributed by atoms with E-state index in [-0.39, 0.29) is 23.5 Å². The van der Waals surface area contributed by atoms with Gasteiger partial charge in [0, 0.05) is 43.2 Å². The van der Waals surface area contributed by atoms with E-state index in [1.165, 1.54) is 16.5 Å². The second kappa shape index (κ2) is 8.22. The highest BCUT2D eigenvalue weighted by Gasteiger charge is 2.28. The number of carbonyl (C=O) groups excluding carboxylic acids is 1. The molecule has 2 aromatic rings. The van der Waals surface area contributed by atoms with Gasteiger partial charge in [0.05, 0.1) is 18.1 Å². The first-order valence-corrected chi connectivity index (χ1v) is 10.9. The molecule has 0 bridgehead atoms. The molecular formula is C19H26N2O4S. The molecule has 0 radical (unpaired) electrons. The van der Waals surface area contributed by atoms with Crippen LogP contribution in [0.15, 0.2) is 30.5 Å². The number of aryl methyl sites for hydroxylation is 1. The summed E-state index contributed by atoms with van der Waals surface area (Å²) in [5, 5.41) is 4.06. The largest absolute Gasteiger partial charge is 0.383 e. The summed E-state index contributed by atoms with van der Waals surface area (Å²) in [7, 11) is -1.27. The first-order chi connectivity index (χ1) is 12.5. The molecule has 142 valence electrons. The quantitative estimate of drug-likeness (QED) is 0.761. The minimum Gasteiger partial charge on any atom is -0.383 e. The van der Waals surface area contributed by atoms with E-state index in [1.807, 2.05) is 12.1 Å². The molecule has 0 aliphatic carbocycles. The number of fused-ring (bicyclic) bond motifs is 1. The molecule has 1 aliphatic heterocycles. The van der Waals surface area contributed by atoms with Crippen LogP contribution in [-0.2, 0) is 32.3 Å². The number of aromatic nitrogens is 1. The molecule has 1 N–H and O–H groups in total. The maximum Gasteiger partial charge on any atom is 0.220 e. The highest BCUT2D eigenvalue weighted by atomic mass is 32.2. The molecule has 0 unspecified atom stereocenters. The smallest absolute Gasteiger partial charge is 0.220 e. The molecular weight excluding hydrogens is 352 g/mol. The van der Waals surface area contributed by atoms with Gasteiger partial charge in [0.1, 0.15) is 0 Å². The third kappa shape index (κ3) is 4.65. The number of sulfone groups is 1. The average Bonchev–Trinajstić information content (AvgIpc) is 3.13. The first kappa shape index (κ1) is 18.9. The van der Waals surface area contributed by atoms with E-state index in [2.05, 4.69) is 28.2 Å². The number of methoxy groups -OCH3 is 1. The number of nitrogens with one attached hydrogen (secondary N) is 1. The number of amides is 1. The van der Waals surface area contributed by atoms with Crippen LogP contribution in [0.4, 0.5) is 0 Å². The summed E-state index contributed by atoms with van der Waals surface area (Å²) < 4.78 is 30.3. The Morgan fingerprint density at radius 2 is 2.15 bits per heavy atom. The van der Waals surface area contributed by atoms with Gasteiger partial charge < -0.3 is 14.6 Å². The van der Waals surface area contributed by atoms with Crippen LogP contribution in [0, 0.1) is 0 Å². The van der Waals surface area contributed by atoms with Gasteiger partial charge in [-0.3, -0.25) is 4.79 Å². The lowest BCUT2D eigenvalue weighted by Crippen LogP contribution is -2.35. The summed E-state index contributed by atoms with van der Waals surface area (Å²) >= 11 is 0. The van der Waals surface area contributed by atoms with E-state index in [0.717, 1.165) is 19.4 Å². The van der Waals surface area contributed by atoms with Crippen LogP contribution in [-0.4, -0.2) is 50.2 Å². The number of hydrogen-bond donors (Lipinski definition) is 1. The molecule has 0 saturated carbocycles. The van der Waals surface area contributed by atoms with E-state index in [9.17, 15) is 13.2 Å². The van der Waals surface area contributed by atoms with Gasteiger partial charge in [-0.25, -0.2) is 8.42 Å². The van der Waals surface area contributed by atoms with Gasteiger partial charge >= 0.3 is 0 Å². The monoisotopic (exact) mass is 378 g/mol. The number of rotatable bonds is 8. The molecule has 1 fully saturated rings. The second-order valence-corrected chi connectivity index (χ2v) is 9.11. The van der Waals surface area contributed by atoms with Gasteiger partial charge in [-0.15, -0.1) is 0 Å². The van der Waals surface area contributed by atoms with Gasteiger partial charge in [0.15, 0.2) is 9.84 Å². The molecule has 26 heavy (non-hydrogen) atoms. The maximum atomic E-state index is 12.1. The molecule has 7 heteroatoms. The minimum absolute atomic E-state index is 0.0600. The van der Waals surface area contributed by atoms with Crippen molar-refractivity contribution in [1.82, 2.24) is 9.88 Å². The van der Waals surface area contributed by atoms with Crippen molar-refractivity contribution in [3.8, 4) is 0 Å². The van der Waals surface area contributed by atoms with Crippen LogP contribution in [0.2, 0.25) is 0 Å². The van der Waals surface area contributed by atoms with Crippen molar-refractivity contribution in [2.24, 2.45) is 0 Å². The predicted octanol–water partition coefficient (Wildman–Crippen LogP) is 1.91. The van der Waals surface area contributed by atoms with E-state index in [4.69, 9.17) is 4.74 Å². The van der Waals surface area contributed by atoms with Crippen molar-refractivity contribution in [2.45, 2.75) is 38.3 Å². The number of ether oxygens (including phenoxy) is 1. The fraction of sp³-hybridized carbons (Fsp3) is 0.526. The zero-order valence-electron chi connectivity index (χ0n) is 15.1. The van der Waals surface area contributed by atoms with Crippen LogP contribution in [0.3, 0.4) is 0 Å². The molecule has 0 spiro atoms. The van der Waals surface area contributed by atoms with Crippen molar-refractivity contribution in [3.63, 3.8) is 0 Å². The van der Waals surface area contributed by atoms with Crippen molar-refractivity contribution < 1.29 is 17.9 Å². The molecule has 1 amide bonds. The van der Waals surface area contributed by atoms with Crippen LogP contribution >= 0.6 is 0 Å². The third-order valence-corrected chi connectivity index (χ3v) is 6.62. The molecule has 1 aromatic heterocycles. The van der Waals surface area contributed by atoms with E-state index < -0.39 is 9.84 Å². The SMILES string of the molecule is COCCn1cc(CCCC(=O)N[C@@H]2CCS(=O)(=O)C2)c2ccccc21. The average molecular weight is 378 g/mol. The molecule has 6 nitrogen and oxygen atoms in total. The van der Waals surface area contributed by atoms with Crippen LogP contribution in [0.1, 0.15) is 24.8 Å². The van der Waals surface area contributed by atoms with E-state index in [0.29, 0.717) is 19.4 Å². The number of hydrogen-bond acceptors (Lipinski definition) is 4. The molecule has 2 heterocycles. The lowest BCUT2D eigenvalue weighted by atomic mass is 10.1. The van der Waals surface area contributed by atoms with Gasteiger partial charge in [-0.1, -0.05) is 18.2 Å². The number of carbonyl (C=O) groups is 1. The van der Waals surface area contributed by atoms with Crippen molar-refractivity contribution >= 4 is 26.6 Å². The van der Waals surface area contributed by atoms with E-state index in [1.54, 1.807) is 7.11 Å². The zero-order valence-corrected chi connectivity index (χ0v) is 15.9. The molecule has 3 rings (SSSR count). The van der Waals surface area contributed by atoms with Gasteiger partial charge in [0.2, 0.25) is 5.91 Å². The first-order valence-electron chi connectivity index (χ1n) is 9.04. The van der Waals surface area contributed by atoms with Crippen LogP contribution in [0.5, 0.6) is 0 Å². The Morgan fingerprint density at radius 3 is 2.88 bits per heavy atom. The summed E-state index contributed by atoms with van der Waals surface area (Å²) in [5.74, 6) is 0.195. The van der Waals surface area contributed by atoms with Gasteiger partial charge in [0.25, 0.3) is 0 Å². The Morgan fingerprint density at radius 1 is 1.35 bits per heavy atom. The third-order valence-electron chi connectivity index (χ3n) is 4.85. The summed E-state index contributed by atoms with van der Waals surface area (Å²) in [6.07, 6.45) is 4.64. The highest BCUT2D eigenvalue weighted by Crippen LogP contribution is 2.23. The molecule has 1 aliphatic rings. The number of nitrogens with zero attached hydrogens (tertiary/aromatic N) is 1. The Kier molecular flexibility index (Phi) is 5.98. The number of para-hydroxylation sites is 1. The fourth-order valence-corrected chi connectivity index (χ4v) is 5.22. The summed E-state index contributed by atoms with van der Waals surface area (Å²) in [6.45, 7) is 1.46. The summed E-state index contributed by atoms with van der Waals surface area (Å²) in [6, 6.07) is 8.04. The Bertz CT molecular complexity index is 873. The minimum atomic E-state index is -2.96. The van der Waals surface area contributed by atoms with Crippen molar-refractivity contribution in [3.05, 3.63) is 36.0 Å². The lowest BCUT2D eigenvalue weighted by Gasteiger charge is -2.10. The summed E-state index contributed by atoms with van der Waals surface area (Å²) in [5.41, 5.74) is 2.41. The molecule has 1 aromatic carbocycles. The highest BCUT2D eigenvalue weighted by molar-refractivity contribution is 7.91. The predicted molar refractivity (Wildman–Crippen MR) is 102 cm³/mol. The normalized spacial score (nSPS) is 19.0. The molecule has 1 saturated heterocycles. The topological polar surface area (TPSA) is 77.4 Å². The Hall–Kier alpha value is -1.86. The van der Waals surface area contributed by atoms with E-state index >= 15 is 0 Å². The Balaban J connectivity index is 1.55. The lowest BCUT2D eigenvalue weighted by molar-refractivity contribution is -0.121. The van der Waals surface area contributed by atoms with Crippen molar-refractivity contribution in [1.29, 1.82) is 0 Å². The standard InChI is InChI=1S/C19H26N2O4S/c1-25-11-10-21-13-15(17-6-2-3-7-18(17)21)5-4-8-19(22)20-16-9-12-26(23,24)14-16/h2-3,6-7,13,16H,4-5,8-12,14H2,1H3,(H,20,22)/t16-/m1/s1. The van der Waals surface area contributed by atoms with Crippen LogP contribution < -0.4 is 5.32 Å². The maximum absolute atomic E-state index is 12.1. The Labute approximate surface area is 154 Å².